The molecule has 1 N–H and O–H groups in total. The molecule has 0 saturated carbocycles. The molecule has 2 heterocycles. The lowest BCUT2D eigenvalue weighted by atomic mass is 9.52. The molecule has 5 rings (SSSR count). The van der Waals surface area contributed by atoms with Crippen molar-refractivity contribution in [2.24, 2.45) is 5.92 Å². The second-order valence-corrected chi connectivity index (χ2v) is 7.54. The molecule has 1 aliphatic heterocycles. The summed E-state index contributed by atoms with van der Waals surface area (Å²) in [6.45, 7) is 1.18. The van der Waals surface area contributed by atoms with E-state index in [2.05, 4.69) is 40.3 Å². The first kappa shape index (κ1) is 13.6. The van der Waals surface area contributed by atoms with Crippen LogP contribution in [0, 0.1) is 5.92 Å². The number of benzene rings is 1. The molecule has 4 heteroatoms. The molecule has 1 unspecified atom stereocenters. The van der Waals surface area contributed by atoms with Gasteiger partial charge in [-0.25, -0.2) is 0 Å². The molecular weight excluding hydrogens is 286 g/mol. The van der Waals surface area contributed by atoms with Crippen molar-refractivity contribution in [3.63, 3.8) is 0 Å². The maximum atomic E-state index is 5.54. The van der Waals surface area contributed by atoms with E-state index in [0.29, 0.717) is 12.0 Å². The van der Waals surface area contributed by atoms with Gasteiger partial charge in [0.1, 0.15) is 5.75 Å². The molecule has 120 valence electrons. The van der Waals surface area contributed by atoms with Crippen molar-refractivity contribution >= 4 is 0 Å². The number of hydrogen-bond acceptors (Lipinski definition) is 3. The lowest BCUT2D eigenvalue weighted by Gasteiger charge is -2.58. The first-order valence-electron chi connectivity index (χ1n) is 8.60. The molecule has 23 heavy (non-hydrogen) atoms. The summed E-state index contributed by atoms with van der Waals surface area (Å²) in [6, 6.07) is 7.37. The SMILES string of the molecule is COc1ccc2c(c1)[C@]13CCN(C)[C@H](C2)C1Cc1cn[nH]c1C3. The summed E-state index contributed by atoms with van der Waals surface area (Å²) in [6.07, 6.45) is 6.67. The first-order chi connectivity index (χ1) is 11.2. The van der Waals surface area contributed by atoms with Crippen LogP contribution in [0.3, 0.4) is 0 Å². The van der Waals surface area contributed by atoms with Crippen LogP contribution in [0.1, 0.15) is 28.8 Å². The fourth-order valence-corrected chi connectivity index (χ4v) is 5.45. The number of methoxy groups -OCH3 is 1. The number of fused-ring (bicyclic) bond motifs is 2. The highest BCUT2D eigenvalue weighted by Crippen LogP contribution is 2.54. The minimum Gasteiger partial charge on any atom is -0.497 e. The van der Waals surface area contributed by atoms with Gasteiger partial charge >= 0.3 is 0 Å². The van der Waals surface area contributed by atoms with Gasteiger partial charge in [-0.05, 0) is 74.0 Å². The number of H-pyrrole nitrogens is 1. The Morgan fingerprint density at radius 3 is 3.09 bits per heavy atom. The largest absolute Gasteiger partial charge is 0.497 e. The maximum absolute atomic E-state index is 5.54. The van der Waals surface area contributed by atoms with Gasteiger partial charge in [0.25, 0.3) is 0 Å². The van der Waals surface area contributed by atoms with Crippen LogP contribution in [-0.2, 0) is 24.7 Å². The third-order valence-corrected chi connectivity index (χ3v) is 6.67. The van der Waals surface area contributed by atoms with E-state index in [1.54, 1.807) is 7.11 Å². The molecular formula is C19H23N3O. The summed E-state index contributed by atoms with van der Waals surface area (Å²) >= 11 is 0. The van der Waals surface area contributed by atoms with Crippen LogP contribution in [0.25, 0.3) is 0 Å². The summed E-state index contributed by atoms with van der Waals surface area (Å²) in [7, 11) is 4.07. The van der Waals surface area contributed by atoms with E-state index in [-0.39, 0.29) is 5.41 Å². The van der Waals surface area contributed by atoms with Gasteiger partial charge in [0.15, 0.2) is 0 Å². The van der Waals surface area contributed by atoms with Gasteiger partial charge in [0.2, 0.25) is 0 Å². The lowest BCUT2D eigenvalue weighted by Crippen LogP contribution is -2.61. The van der Waals surface area contributed by atoms with E-state index in [0.717, 1.165) is 25.0 Å². The van der Waals surface area contributed by atoms with Crippen molar-refractivity contribution in [2.75, 3.05) is 20.7 Å². The van der Waals surface area contributed by atoms with Crippen molar-refractivity contribution in [3.05, 3.63) is 46.8 Å². The number of hydrogen-bond donors (Lipinski definition) is 1. The number of aromatic amines is 1. The van der Waals surface area contributed by atoms with Crippen molar-refractivity contribution in [2.45, 2.75) is 37.1 Å². The molecule has 4 nitrogen and oxygen atoms in total. The van der Waals surface area contributed by atoms with Gasteiger partial charge in [-0.15, -0.1) is 0 Å². The van der Waals surface area contributed by atoms with E-state index in [1.165, 1.54) is 35.3 Å². The van der Waals surface area contributed by atoms with Crippen molar-refractivity contribution in [3.8, 4) is 5.75 Å². The van der Waals surface area contributed by atoms with Crippen molar-refractivity contribution in [1.29, 1.82) is 0 Å². The number of aromatic nitrogens is 2. The quantitative estimate of drug-likeness (QED) is 0.879. The molecule has 1 fully saturated rings. The third kappa shape index (κ3) is 1.73. The predicted molar refractivity (Wildman–Crippen MR) is 88.9 cm³/mol. The van der Waals surface area contributed by atoms with Gasteiger partial charge < -0.3 is 9.64 Å². The van der Waals surface area contributed by atoms with E-state index >= 15 is 0 Å². The molecule has 3 aliphatic rings. The Hall–Kier alpha value is -1.81. The van der Waals surface area contributed by atoms with Crippen LogP contribution >= 0.6 is 0 Å². The summed E-state index contributed by atoms with van der Waals surface area (Å²) in [5.41, 5.74) is 6.07. The van der Waals surface area contributed by atoms with Crippen LogP contribution in [0.4, 0.5) is 0 Å². The molecule has 0 spiro atoms. The standard InChI is InChI=1S/C19H23N3O/c1-22-6-5-19-10-17-13(11-20-21-17)7-16(19)18(22)8-12-3-4-14(23-2)9-15(12)19/h3-4,9,11,16,18H,5-8,10H2,1-2H3,(H,20,21)/t16?,18-,19-/m1/s1. The third-order valence-electron chi connectivity index (χ3n) is 6.67. The predicted octanol–water partition coefficient (Wildman–Crippen LogP) is 2.33. The Labute approximate surface area is 136 Å². The number of piperidine rings is 1. The molecule has 2 aromatic rings. The lowest BCUT2D eigenvalue weighted by molar-refractivity contribution is 0.0238. The van der Waals surface area contributed by atoms with Gasteiger partial charge in [0, 0.05) is 17.2 Å². The summed E-state index contributed by atoms with van der Waals surface area (Å²) in [4.78, 5) is 2.58. The molecule has 1 aromatic carbocycles. The number of nitrogens with one attached hydrogen (secondary N) is 1. The monoisotopic (exact) mass is 309 g/mol. The number of likely N-dealkylation sites (N-methyl/N-ethyl adjacent to an activating group) is 1. The van der Waals surface area contributed by atoms with Gasteiger partial charge in [-0.3, -0.25) is 5.10 Å². The number of likely N-dealkylation sites (tertiary alicyclic amines) is 1. The second kappa shape index (κ2) is 4.60. The fraction of sp³-hybridized carbons (Fsp3) is 0.526. The van der Waals surface area contributed by atoms with E-state index in [1.807, 2.05) is 6.20 Å². The molecule has 1 saturated heterocycles. The first-order valence-corrected chi connectivity index (χ1v) is 8.60. The zero-order valence-electron chi connectivity index (χ0n) is 13.8. The van der Waals surface area contributed by atoms with Crippen LogP contribution in [0.5, 0.6) is 5.75 Å². The highest BCUT2D eigenvalue weighted by Gasteiger charge is 2.54. The summed E-state index contributed by atoms with van der Waals surface area (Å²) in [5.74, 6) is 1.68. The van der Waals surface area contributed by atoms with E-state index < -0.39 is 0 Å². The average molecular weight is 309 g/mol. The highest BCUT2D eigenvalue weighted by atomic mass is 16.5. The Morgan fingerprint density at radius 1 is 1.30 bits per heavy atom. The Bertz CT molecular complexity index is 768. The smallest absolute Gasteiger partial charge is 0.119 e. The highest BCUT2D eigenvalue weighted by molar-refractivity contribution is 5.48. The Morgan fingerprint density at radius 2 is 2.22 bits per heavy atom. The van der Waals surface area contributed by atoms with Gasteiger partial charge in [-0.1, -0.05) is 6.07 Å². The molecule has 3 atom stereocenters. The van der Waals surface area contributed by atoms with E-state index in [9.17, 15) is 0 Å². The molecule has 0 amide bonds. The average Bonchev–Trinajstić information content (AvgIpc) is 3.02. The van der Waals surface area contributed by atoms with Crippen LogP contribution in [0.2, 0.25) is 0 Å². The fourth-order valence-electron chi connectivity index (χ4n) is 5.45. The number of rotatable bonds is 1. The minimum atomic E-state index is 0.249. The summed E-state index contributed by atoms with van der Waals surface area (Å²) in [5, 5.41) is 7.58. The van der Waals surface area contributed by atoms with E-state index in [4.69, 9.17) is 4.74 Å². The zero-order valence-corrected chi connectivity index (χ0v) is 13.8. The van der Waals surface area contributed by atoms with Crippen LogP contribution < -0.4 is 4.74 Å². The molecule has 1 aromatic heterocycles. The second-order valence-electron chi connectivity index (χ2n) is 7.54. The summed E-state index contributed by atoms with van der Waals surface area (Å²) < 4.78 is 5.54. The Balaban J connectivity index is 1.73. The topological polar surface area (TPSA) is 41.1 Å². The van der Waals surface area contributed by atoms with Crippen LogP contribution in [0.15, 0.2) is 24.4 Å². The Kier molecular flexibility index (Phi) is 2.72. The number of nitrogens with zero attached hydrogens (tertiary/aromatic N) is 2. The minimum absolute atomic E-state index is 0.249. The normalized spacial score (nSPS) is 31.9. The molecule has 2 bridgehead atoms. The maximum Gasteiger partial charge on any atom is 0.119 e. The van der Waals surface area contributed by atoms with Gasteiger partial charge in [-0.2, -0.15) is 5.10 Å². The van der Waals surface area contributed by atoms with Crippen LogP contribution in [-0.4, -0.2) is 41.8 Å². The van der Waals surface area contributed by atoms with Crippen molar-refractivity contribution in [1.82, 2.24) is 15.1 Å². The molecule has 0 radical (unpaired) electrons. The number of ether oxygens (including phenoxy) is 1. The molecule has 2 aliphatic carbocycles. The van der Waals surface area contributed by atoms with Crippen molar-refractivity contribution < 1.29 is 4.74 Å². The zero-order chi connectivity index (χ0) is 15.6. The van der Waals surface area contributed by atoms with Gasteiger partial charge in [0.05, 0.1) is 13.3 Å².